The van der Waals surface area contributed by atoms with E-state index >= 15 is 0 Å². The molecule has 1 saturated heterocycles. The third-order valence-electron chi connectivity index (χ3n) is 4.51. The molecule has 1 atom stereocenters. The minimum absolute atomic E-state index is 0.00819. The van der Waals surface area contributed by atoms with Crippen molar-refractivity contribution in [3.05, 3.63) is 56.6 Å². The zero-order valence-electron chi connectivity index (χ0n) is 13.4. The van der Waals surface area contributed by atoms with Crippen LogP contribution in [0.1, 0.15) is 40.9 Å². The van der Waals surface area contributed by atoms with Crippen LogP contribution in [0, 0.1) is 0 Å². The standard InChI is InChI=1S/C18H22N2O2S/c1-19-10-8-14(12-17(19)21)18(22)20-9-4-2-3-6-15(20)13-16-7-5-11-23-16/h5,7-8,10-12,15H,2-4,6,9,13H2,1H3/t15-/m0/s1. The number of carbonyl (C=O) groups is 1. The topological polar surface area (TPSA) is 42.3 Å². The normalized spacial score (nSPS) is 18.7. The lowest BCUT2D eigenvalue weighted by molar-refractivity contribution is 0.0682. The summed E-state index contributed by atoms with van der Waals surface area (Å²) in [5.74, 6) is -0.00819. The van der Waals surface area contributed by atoms with Crippen molar-refractivity contribution in [2.24, 2.45) is 7.05 Å². The fourth-order valence-electron chi connectivity index (χ4n) is 3.17. The molecule has 1 fully saturated rings. The van der Waals surface area contributed by atoms with E-state index in [1.165, 1.54) is 21.9 Å². The van der Waals surface area contributed by atoms with Crippen LogP contribution in [0.5, 0.6) is 0 Å². The molecule has 1 aliphatic heterocycles. The third kappa shape index (κ3) is 3.72. The van der Waals surface area contributed by atoms with Gasteiger partial charge in [0.1, 0.15) is 0 Å². The van der Waals surface area contributed by atoms with E-state index in [9.17, 15) is 9.59 Å². The van der Waals surface area contributed by atoms with Crippen LogP contribution in [-0.2, 0) is 13.5 Å². The number of aryl methyl sites for hydroxylation is 1. The fraction of sp³-hybridized carbons (Fsp3) is 0.444. The van der Waals surface area contributed by atoms with Crippen LogP contribution in [0.15, 0.2) is 40.6 Å². The Morgan fingerprint density at radius 1 is 1.30 bits per heavy atom. The SMILES string of the molecule is Cn1ccc(C(=O)N2CCCCC[C@H]2Cc2cccs2)cc1=O. The highest BCUT2D eigenvalue weighted by Crippen LogP contribution is 2.23. The molecule has 3 rings (SSSR count). The quantitative estimate of drug-likeness (QED) is 0.868. The molecule has 122 valence electrons. The predicted molar refractivity (Wildman–Crippen MR) is 93.0 cm³/mol. The molecule has 5 heteroatoms. The number of hydrogen-bond acceptors (Lipinski definition) is 3. The van der Waals surface area contributed by atoms with Crippen molar-refractivity contribution >= 4 is 17.2 Å². The first-order valence-corrected chi connectivity index (χ1v) is 9.03. The minimum Gasteiger partial charge on any atom is -0.335 e. The maximum absolute atomic E-state index is 12.9. The predicted octanol–water partition coefficient (Wildman–Crippen LogP) is 3.07. The number of likely N-dealkylation sites (tertiary alicyclic amines) is 1. The molecule has 0 saturated carbocycles. The molecule has 2 aromatic rings. The van der Waals surface area contributed by atoms with E-state index in [-0.39, 0.29) is 17.5 Å². The van der Waals surface area contributed by atoms with Crippen molar-refractivity contribution in [2.75, 3.05) is 6.54 Å². The lowest BCUT2D eigenvalue weighted by Gasteiger charge is -2.30. The second-order valence-corrected chi connectivity index (χ2v) is 7.18. The summed E-state index contributed by atoms with van der Waals surface area (Å²) < 4.78 is 1.49. The summed E-state index contributed by atoms with van der Waals surface area (Å²) >= 11 is 1.75. The second-order valence-electron chi connectivity index (χ2n) is 6.15. The lowest BCUT2D eigenvalue weighted by Crippen LogP contribution is -2.41. The van der Waals surface area contributed by atoms with Gasteiger partial charge in [-0.25, -0.2) is 0 Å². The summed E-state index contributed by atoms with van der Waals surface area (Å²) in [6.45, 7) is 0.782. The van der Waals surface area contributed by atoms with Gasteiger partial charge in [-0.2, -0.15) is 0 Å². The Hall–Kier alpha value is -1.88. The highest BCUT2D eigenvalue weighted by Gasteiger charge is 2.27. The van der Waals surface area contributed by atoms with E-state index in [2.05, 4.69) is 17.5 Å². The third-order valence-corrected chi connectivity index (χ3v) is 5.40. The summed E-state index contributed by atoms with van der Waals surface area (Å²) in [7, 11) is 1.70. The van der Waals surface area contributed by atoms with Gasteiger partial charge in [-0.15, -0.1) is 11.3 Å². The van der Waals surface area contributed by atoms with Gasteiger partial charge in [0.15, 0.2) is 0 Å². The Labute approximate surface area is 140 Å². The van der Waals surface area contributed by atoms with Gasteiger partial charge in [0.2, 0.25) is 0 Å². The number of nitrogens with zero attached hydrogens (tertiary/aromatic N) is 2. The molecule has 0 aromatic carbocycles. The Kier molecular flexibility index (Phi) is 4.96. The Morgan fingerprint density at radius 2 is 2.17 bits per heavy atom. The smallest absolute Gasteiger partial charge is 0.254 e. The van der Waals surface area contributed by atoms with Crippen molar-refractivity contribution in [3.63, 3.8) is 0 Å². The number of carbonyl (C=O) groups excluding carboxylic acids is 1. The molecular weight excluding hydrogens is 308 g/mol. The van der Waals surface area contributed by atoms with E-state index < -0.39 is 0 Å². The van der Waals surface area contributed by atoms with Crippen LogP contribution >= 0.6 is 11.3 Å². The first kappa shape index (κ1) is 16.0. The van der Waals surface area contributed by atoms with Crippen molar-refractivity contribution in [1.29, 1.82) is 0 Å². The molecular formula is C18H22N2O2S. The summed E-state index contributed by atoms with van der Waals surface area (Å²) in [5, 5.41) is 2.08. The van der Waals surface area contributed by atoms with Gasteiger partial charge in [-0.1, -0.05) is 18.9 Å². The Bertz CT molecular complexity index is 721. The zero-order chi connectivity index (χ0) is 16.2. The Morgan fingerprint density at radius 3 is 2.91 bits per heavy atom. The highest BCUT2D eigenvalue weighted by molar-refractivity contribution is 7.09. The molecule has 3 heterocycles. The van der Waals surface area contributed by atoms with Gasteiger partial charge < -0.3 is 9.47 Å². The van der Waals surface area contributed by atoms with Crippen molar-refractivity contribution in [3.8, 4) is 0 Å². The van der Waals surface area contributed by atoms with Crippen LogP contribution in [0.3, 0.4) is 0 Å². The number of pyridine rings is 1. The van der Waals surface area contributed by atoms with Gasteiger partial charge in [0.05, 0.1) is 0 Å². The van der Waals surface area contributed by atoms with E-state index in [0.29, 0.717) is 5.56 Å². The largest absolute Gasteiger partial charge is 0.335 e. The van der Waals surface area contributed by atoms with E-state index in [4.69, 9.17) is 0 Å². The van der Waals surface area contributed by atoms with E-state index in [0.717, 1.165) is 32.2 Å². The molecule has 0 bridgehead atoms. The maximum atomic E-state index is 12.9. The minimum atomic E-state index is -0.138. The molecule has 0 radical (unpaired) electrons. The number of thiophene rings is 1. The summed E-state index contributed by atoms with van der Waals surface area (Å²) in [5.41, 5.74) is 0.367. The first-order chi connectivity index (χ1) is 11.1. The molecule has 23 heavy (non-hydrogen) atoms. The molecule has 0 spiro atoms. The number of hydrogen-bond donors (Lipinski definition) is 0. The summed E-state index contributed by atoms with van der Waals surface area (Å²) in [6, 6.07) is 7.62. The van der Waals surface area contributed by atoms with Crippen LogP contribution in [0.4, 0.5) is 0 Å². The monoisotopic (exact) mass is 330 g/mol. The average molecular weight is 330 g/mol. The van der Waals surface area contributed by atoms with Gasteiger partial charge in [0.25, 0.3) is 11.5 Å². The van der Waals surface area contributed by atoms with Crippen LogP contribution in [-0.4, -0.2) is 28.0 Å². The average Bonchev–Trinajstić information content (AvgIpc) is 2.94. The number of aromatic nitrogens is 1. The van der Waals surface area contributed by atoms with Crippen molar-refractivity contribution in [2.45, 2.75) is 38.1 Å². The van der Waals surface area contributed by atoms with Gasteiger partial charge in [-0.05, 0) is 30.4 Å². The van der Waals surface area contributed by atoms with Crippen LogP contribution < -0.4 is 5.56 Å². The molecule has 1 amide bonds. The van der Waals surface area contributed by atoms with Crippen molar-refractivity contribution < 1.29 is 4.79 Å². The molecule has 1 aliphatic rings. The molecule has 0 N–H and O–H groups in total. The molecule has 4 nitrogen and oxygen atoms in total. The fourth-order valence-corrected chi connectivity index (χ4v) is 3.94. The number of rotatable bonds is 3. The lowest BCUT2D eigenvalue weighted by atomic mass is 10.0. The van der Waals surface area contributed by atoms with Crippen molar-refractivity contribution in [1.82, 2.24) is 9.47 Å². The maximum Gasteiger partial charge on any atom is 0.254 e. The van der Waals surface area contributed by atoms with Crippen LogP contribution in [0.2, 0.25) is 0 Å². The number of amides is 1. The summed E-state index contributed by atoms with van der Waals surface area (Å²) in [6.07, 6.45) is 6.99. The second kappa shape index (κ2) is 7.13. The Balaban J connectivity index is 1.84. The first-order valence-electron chi connectivity index (χ1n) is 8.15. The molecule has 0 unspecified atom stereocenters. The van der Waals surface area contributed by atoms with Gasteiger partial charge in [-0.3, -0.25) is 9.59 Å². The zero-order valence-corrected chi connectivity index (χ0v) is 14.2. The van der Waals surface area contributed by atoms with Gasteiger partial charge >= 0.3 is 0 Å². The molecule has 0 aliphatic carbocycles. The highest BCUT2D eigenvalue weighted by atomic mass is 32.1. The van der Waals surface area contributed by atoms with Gasteiger partial charge in [0, 0.05) is 48.8 Å². The summed E-state index contributed by atoms with van der Waals surface area (Å²) in [4.78, 5) is 28.1. The molecule has 2 aromatic heterocycles. The van der Waals surface area contributed by atoms with E-state index in [1.807, 2.05) is 4.90 Å². The van der Waals surface area contributed by atoms with E-state index in [1.54, 1.807) is 30.6 Å². The van der Waals surface area contributed by atoms with Crippen LogP contribution in [0.25, 0.3) is 0 Å².